The number of nitrogen functional groups attached to an aromatic ring is 1. The highest BCUT2D eigenvalue weighted by Crippen LogP contribution is 2.42. The van der Waals surface area contributed by atoms with E-state index in [0.29, 0.717) is 5.69 Å². The highest BCUT2D eigenvalue weighted by Gasteiger charge is 2.44. The minimum absolute atomic E-state index is 0.0247. The van der Waals surface area contributed by atoms with Crippen LogP contribution in [0.25, 0.3) is 16.5 Å². The number of benzene rings is 1. The van der Waals surface area contributed by atoms with Crippen molar-refractivity contribution in [2.24, 2.45) is 5.92 Å². The van der Waals surface area contributed by atoms with Crippen LogP contribution in [0.5, 0.6) is 0 Å². The number of anilines is 1. The molecule has 6 heteroatoms. The predicted octanol–water partition coefficient (Wildman–Crippen LogP) is 2.54. The Morgan fingerprint density at radius 2 is 2.33 bits per heavy atom. The first-order chi connectivity index (χ1) is 11.7. The van der Waals surface area contributed by atoms with Gasteiger partial charge in [0, 0.05) is 11.3 Å². The first-order valence-electron chi connectivity index (χ1n) is 8.05. The van der Waals surface area contributed by atoms with Gasteiger partial charge in [0.25, 0.3) is 0 Å². The standard InChI is InChI=1S/C18H18BN3O2/c1-2-4-17-14-6-3-5-12(18(14)19(23)24-17)11-7-8-13-15(20)10-21-22-16(13)9-11/h2-3,5,7-10,14,17,23H,1,4,6H2,(H2,20,22). The van der Waals surface area contributed by atoms with Crippen LogP contribution in [0.4, 0.5) is 5.69 Å². The maximum atomic E-state index is 10.4. The summed E-state index contributed by atoms with van der Waals surface area (Å²) in [6, 6.07) is 5.91. The zero-order valence-electron chi connectivity index (χ0n) is 13.2. The Morgan fingerprint density at radius 3 is 3.17 bits per heavy atom. The zero-order chi connectivity index (χ0) is 16.7. The molecule has 2 unspecified atom stereocenters. The van der Waals surface area contributed by atoms with Gasteiger partial charge in [0.05, 0.1) is 23.5 Å². The van der Waals surface area contributed by atoms with Crippen LogP contribution in [-0.2, 0) is 4.65 Å². The van der Waals surface area contributed by atoms with E-state index in [-0.39, 0.29) is 12.0 Å². The zero-order valence-corrected chi connectivity index (χ0v) is 13.2. The fourth-order valence-corrected chi connectivity index (χ4v) is 3.65. The smallest absolute Gasteiger partial charge is 0.423 e. The topological polar surface area (TPSA) is 81.3 Å². The second kappa shape index (κ2) is 5.89. The molecule has 1 aromatic carbocycles. The van der Waals surface area contributed by atoms with E-state index in [9.17, 15) is 5.02 Å². The summed E-state index contributed by atoms with van der Waals surface area (Å²) in [5.74, 6) is 0.181. The number of allylic oxidation sites excluding steroid dienone is 3. The molecule has 4 rings (SSSR count). The van der Waals surface area contributed by atoms with Gasteiger partial charge in [-0.1, -0.05) is 24.3 Å². The van der Waals surface area contributed by atoms with Crippen LogP contribution in [0.1, 0.15) is 18.4 Å². The van der Waals surface area contributed by atoms with Gasteiger partial charge in [-0.2, -0.15) is 10.2 Å². The van der Waals surface area contributed by atoms with Crippen LogP contribution >= 0.6 is 0 Å². The highest BCUT2D eigenvalue weighted by molar-refractivity contribution is 6.55. The Hall–Kier alpha value is -2.44. The molecular weight excluding hydrogens is 301 g/mol. The minimum atomic E-state index is -0.873. The third-order valence-corrected chi connectivity index (χ3v) is 4.78. The third kappa shape index (κ3) is 2.35. The summed E-state index contributed by atoms with van der Waals surface area (Å²) in [7, 11) is -0.873. The first kappa shape index (κ1) is 15.1. The molecule has 2 heterocycles. The van der Waals surface area contributed by atoms with Gasteiger partial charge in [0.2, 0.25) is 0 Å². The Morgan fingerprint density at radius 1 is 1.46 bits per heavy atom. The van der Waals surface area contributed by atoms with Crippen molar-refractivity contribution in [1.82, 2.24) is 10.2 Å². The molecule has 0 radical (unpaired) electrons. The van der Waals surface area contributed by atoms with E-state index < -0.39 is 7.12 Å². The number of hydrogen-bond acceptors (Lipinski definition) is 5. The van der Waals surface area contributed by atoms with E-state index in [0.717, 1.165) is 40.4 Å². The van der Waals surface area contributed by atoms with E-state index in [2.05, 4.69) is 28.9 Å². The Labute approximate surface area is 140 Å². The summed E-state index contributed by atoms with van der Waals surface area (Å²) in [5, 5.41) is 19.4. The van der Waals surface area contributed by atoms with Gasteiger partial charge in [-0.05, 0) is 41.6 Å². The van der Waals surface area contributed by atoms with Crippen molar-refractivity contribution in [2.75, 3.05) is 5.73 Å². The van der Waals surface area contributed by atoms with E-state index in [1.807, 2.05) is 24.3 Å². The summed E-state index contributed by atoms with van der Waals surface area (Å²) in [6.07, 6.45) is 9.15. The molecule has 1 aromatic heterocycles. The van der Waals surface area contributed by atoms with Crippen LogP contribution in [-0.4, -0.2) is 28.4 Å². The third-order valence-electron chi connectivity index (χ3n) is 4.78. The lowest BCUT2D eigenvalue weighted by Crippen LogP contribution is -2.17. The highest BCUT2D eigenvalue weighted by atomic mass is 16.5. The Kier molecular flexibility index (Phi) is 3.71. The van der Waals surface area contributed by atoms with Gasteiger partial charge in [-0.25, -0.2) is 0 Å². The van der Waals surface area contributed by atoms with Crippen molar-refractivity contribution in [3.05, 3.63) is 60.2 Å². The molecular formula is C18H18BN3O2. The average molecular weight is 319 g/mol. The average Bonchev–Trinajstić information content (AvgIpc) is 2.91. The predicted molar refractivity (Wildman–Crippen MR) is 95.8 cm³/mol. The number of nitrogens with zero attached hydrogens (tertiary/aromatic N) is 2. The van der Waals surface area contributed by atoms with E-state index in [4.69, 9.17) is 10.4 Å². The van der Waals surface area contributed by atoms with Gasteiger partial charge < -0.3 is 15.4 Å². The number of aromatic nitrogens is 2. The van der Waals surface area contributed by atoms with Crippen LogP contribution in [0, 0.1) is 5.92 Å². The quantitative estimate of drug-likeness (QED) is 0.671. The van der Waals surface area contributed by atoms with Gasteiger partial charge >= 0.3 is 7.12 Å². The molecule has 2 aliphatic rings. The molecule has 1 aliphatic carbocycles. The molecule has 1 fully saturated rings. The van der Waals surface area contributed by atoms with Gasteiger partial charge in [0.1, 0.15) is 0 Å². The van der Waals surface area contributed by atoms with Gasteiger partial charge in [-0.3, -0.25) is 0 Å². The molecule has 2 atom stereocenters. The molecule has 5 nitrogen and oxygen atoms in total. The van der Waals surface area contributed by atoms with E-state index in [1.54, 1.807) is 6.20 Å². The Balaban J connectivity index is 1.83. The molecule has 120 valence electrons. The molecule has 24 heavy (non-hydrogen) atoms. The minimum Gasteiger partial charge on any atom is -0.423 e. The van der Waals surface area contributed by atoms with Crippen molar-refractivity contribution in [3.8, 4) is 0 Å². The van der Waals surface area contributed by atoms with Crippen molar-refractivity contribution in [1.29, 1.82) is 0 Å². The lowest BCUT2D eigenvalue weighted by Gasteiger charge is -2.22. The molecule has 0 spiro atoms. The molecule has 1 aliphatic heterocycles. The van der Waals surface area contributed by atoms with E-state index in [1.165, 1.54) is 0 Å². The number of hydrogen-bond donors (Lipinski definition) is 2. The monoisotopic (exact) mass is 319 g/mol. The first-order valence-corrected chi connectivity index (χ1v) is 8.05. The van der Waals surface area contributed by atoms with Crippen molar-refractivity contribution < 1.29 is 9.68 Å². The fraction of sp³-hybridized carbons (Fsp3) is 0.222. The van der Waals surface area contributed by atoms with Crippen LogP contribution in [0.3, 0.4) is 0 Å². The normalized spacial score (nSPS) is 23.0. The summed E-state index contributed by atoms with van der Waals surface area (Å²) in [5.41, 5.74) is 10.2. The van der Waals surface area contributed by atoms with Crippen molar-refractivity contribution in [2.45, 2.75) is 18.9 Å². The summed E-state index contributed by atoms with van der Waals surface area (Å²) >= 11 is 0. The summed E-state index contributed by atoms with van der Waals surface area (Å²) < 4.78 is 5.75. The molecule has 3 N–H and O–H groups in total. The van der Waals surface area contributed by atoms with Crippen LogP contribution < -0.4 is 5.73 Å². The molecule has 0 bridgehead atoms. The lowest BCUT2D eigenvalue weighted by atomic mass is 9.67. The summed E-state index contributed by atoms with van der Waals surface area (Å²) in [4.78, 5) is 0. The fourth-order valence-electron chi connectivity index (χ4n) is 3.65. The maximum absolute atomic E-state index is 10.4. The Bertz CT molecular complexity index is 878. The van der Waals surface area contributed by atoms with Gasteiger partial charge in [0.15, 0.2) is 0 Å². The number of nitrogens with two attached hydrogens (primary N) is 1. The summed E-state index contributed by atoms with van der Waals surface area (Å²) in [6.45, 7) is 3.78. The largest absolute Gasteiger partial charge is 0.488 e. The molecule has 1 saturated heterocycles. The second-order valence-corrected chi connectivity index (χ2v) is 6.20. The maximum Gasteiger partial charge on any atom is 0.488 e. The molecule has 2 aromatic rings. The lowest BCUT2D eigenvalue weighted by molar-refractivity contribution is 0.168. The van der Waals surface area contributed by atoms with Crippen molar-refractivity contribution >= 4 is 29.3 Å². The molecule has 0 saturated carbocycles. The SMILES string of the molecule is C=CCC1OB(O)C2=C(c3ccc4c(N)cnnc4c3)C=CCC21. The second-order valence-electron chi connectivity index (χ2n) is 6.20. The van der Waals surface area contributed by atoms with Crippen LogP contribution in [0.2, 0.25) is 0 Å². The van der Waals surface area contributed by atoms with Gasteiger partial charge in [-0.15, -0.1) is 6.58 Å². The number of fused-ring (bicyclic) bond motifs is 2. The van der Waals surface area contributed by atoms with E-state index >= 15 is 0 Å². The van der Waals surface area contributed by atoms with Crippen LogP contribution in [0.15, 0.2) is 54.7 Å². The number of rotatable bonds is 3. The van der Waals surface area contributed by atoms with Crippen molar-refractivity contribution in [3.63, 3.8) is 0 Å². The molecule has 0 amide bonds.